The van der Waals surface area contributed by atoms with E-state index in [9.17, 15) is 0 Å². The van der Waals surface area contributed by atoms with Gasteiger partial charge in [0.15, 0.2) is 5.82 Å². The van der Waals surface area contributed by atoms with Crippen LogP contribution in [0.25, 0.3) is 22.3 Å². The van der Waals surface area contributed by atoms with Crippen molar-refractivity contribution in [3.8, 4) is 17.1 Å². The summed E-state index contributed by atoms with van der Waals surface area (Å²) < 4.78 is 5.58. The van der Waals surface area contributed by atoms with Gasteiger partial charge in [-0.05, 0) is 12.1 Å². The molecule has 3 aromatic heterocycles. The highest BCUT2D eigenvalue weighted by Crippen LogP contribution is 2.34. The van der Waals surface area contributed by atoms with E-state index in [0.717, 1.165) is 61.6 Å². The van der Waals surface area contributed by atoms with Crippen molar-refractivity contribution in [2.45, 2.75) is 0 Å². The van der Waals surface area contributed by atoms with Gasteiger partial charge >= 0.3 is 0 Å². The van der Waals surface area contributed by atoms with Gasteiger partial charge in [0.25, 0.3) is 0 Å². The van der Waals surface area contributed by atoms with Crippen LogP contribution in [0.15, 0.2) is 41.9 Å². The average molecular weight is 375 g/mol. The van der Waals surface area contributed by atoms with Crippen LogP contribution in [-0.4, -0.2) is 76.9 Å². The molecule has 5 rings (SSSR count). The lowest BCUT2D eigenvalue weighted by Crippen LogP contribution is -2.47. The van der Waals surface area contributed by atoms with Gasteiger partial charge in [-0.2, -0.15) is 0 Å². The van der Waals surface area contributed by atoms with Gasteiger partial charge in [-0.1, -0.05) is 0 Å². The number of anilines is 1. The highest BCUT2D eigenvalue weighted by atomic mass is 16.5. The molecular formula is C20H21N7O. The molecule has 1 fully saturated rings. The Balaban J connectivity index is 1.54. The van der Waals surface area contributed by atoms with Crippen molar-refractivity contribution >= 4 is 22.4 Å². The van der Waals surface area contributed by atoms with E-state index in [-0.39, 0.29) is 0 Å². The lowest BCUT2D eigenvalue weighted by atomic mass is 10.2. The van der Waals surface area contributed by atoms with Crippen LogP contribution < -0.4 is 9.64 Å². The highest BCUT2D eigenvalue weighted by Gasteiger charge is 2.25. The molecule has 0 radical (unpaired) electrons. The maximum Gasteiger partial charge on any atom is 0.162 e. The largest absolute Gasteiger partial charge is 0.494 e. The number of rotatable bonds is 5. The number of piperazine rings is 1. The molecule has 0 aromatic carbocycles. The van der Waals surface area contributed by atoms with Crippen LogP contribution in [0.1, 0.15) is 0 Å². The van der Waals surface area contributed by atoms with Crippen molar-refractivity contribution in [1.29, 1.82) is 0 Å². The molecule has 8 heteroatoms. The van der Waals surface area contributed by atoms with Crippen LogP contribution in [0.4, 0.5) is 5.82 Å². The van der Waals surface area contributed by atoms with Crippen LogP contribution in [0.2, 0.25) is 0 Å². The van der Waals surface area contributed by atoms with E-state index < -0.39 is 0 Å². The normalized spacial score (nSPS) is 16.9. The second kappa shape index (κ2) is 7.12. The molecule has 1 saturated heterocycles. The number of pyridine rings is 2. The third kappa shape index (κ3) is 3.27. The number of nitrogens with zero attached hydrogens (tertiary/aromatic N) is 7. The maximum absolute atomic E-state index is 5.58. The molecule has 28 heavy (non-hydrogen) atoms. The van der Waals surface area contributed by atoms with Gasteiger partial charge in [-0.15, -0.1) is 0 Å². The summed E-state index contributed by atoms with van der Waals surface area (Å²) >= 11 is 0. The van der Waals surface area contributed by atoms with Crippen molar-refractivity contribution in [3.63, 3.8) is 0 Å². The predicted octanol–water partition coefficient (Wildman–Crippen LogP) is 1.67. The Morgan fingerprint density at radius 2 is 1.79 bits per heavy atom. The fraction of sp³-hybridized carbons (Fsp3) is 0.350. The molecule has 2 aliphatic heterocycles. The number of methoxy groups -OCH3 is 1. The van der Waals surface area contributed by atoms with Crippen LogP contribution in [0.3, 0.4) is 0 Å². The molecule has 3 aromatic rings. The second-order valence-electron chi connectivity index (χ2n) is 6.99. The summed E-state index contributed by atoms with van der Waals surface area (Å²) in [6, 6.07) is 3.85. The van der Waals surface area contributed by atoms with Gasteiger partial charge in [0.05, 0.1) is 37.0 Å². The Hall–Kier alpha value is -3.13. The molecule has 5 heterocycles. The van der Waals surface area contributed by atoms with Gasteiger partial charge in [0.2, 0.25) is 0 Å². The maximum atomic E-state index is 5.58. The first-order valence-electron chi connectivity index (χ1n) is 9.41. The summed E-state index contributed by atoms with van der Waals surface area (Å²) in [4.78, 5) is 27.1. The fourth-order valence-corrected chi connectivity index (χ4v) is 3.58. The summed E-state index contributed by atoms with van der Waals surface area (Å²) in [5.74, 6) is 2.28. The number of ether oxygens (including phenoxy) is 1. The monoisotopic (exact) mass is 375 g/mol. The molecular weight excluding hydrogens is 354 g/mol. The highest BCUT2D eigenvalue weighted by molar-refractivity contribution is 5.98. The summed E-state index contributed by atoms with van der Waals surface area (Å²) in [6.45, 7) is 5.72. The number of aromatic nitrogens is 4. The zero-order valence-electron chi connectivity index (χ0n) is 15.7. The van der Waals surface area contributed by atoms with E-state index in [1.165, 1.54) is 5.71 Å². The average Bonchev–Trinajstić information content (AvgIpc) is 3.58. The molecule has 0 spiro atoms. The van der Waals surface area contributed by atoms with Crippen LogP contribution in [-0.2, 0) is 0 Å². The fourth-order valence-electron chi connectivity index (χ4n) is 3.58. The first kappa shape index (κ1) is 17.0. The van der Waals surface area contributed by atoms with E-state index in [1.54, 1.807) is 31.9 Å². The van der Waals surface area contributed by atoms with Crippen molar-refractivity contribution < 1.29 is 4.74 Å². The van der Waals surface area contributed by atoms with Crippen molar-refractivity contribution in [3.05, 3.63) is 36.9 Å². The zero-order valence-corrected chi connectivity index (χ0v) is 15.7. The van der Waals surface area contributed by atoms with Crippen molar-refractivity contribution in [1.82, 2.24) is 24.8 Å². The molecule has 0 bridgehead atoms. The molecule has 0 unspecified atom stereocenters. The van der Waals surface area contributed by atoms with Crippen LogP contribution >= 0.6 is 0 Å². The van der Waals surface area contributed by atoms with Crippen molar-refractivity contribution in [2.24, 2.45) is 4.99 Å². The second-order valence-corrected chi connectivity index (χ2v) is 6.99. The van der Waals surface area contributed by atoms with Crippen LogP contribution in [0.5, 0.6) is 5.75 Å². The first-order chi connectivity index (χ1) is 13.8. The van der Waals surface area contributed by atoms with E-state index in [2.05, 4.69) is 24.8 Å². The molecule has 0 amide bonds. The smallest absolute Gasteiger partial charge is 0.162 e. The Morgan fingerprint density at radius 1 is 1.00 bits per heavy atom. The number of hydrogen-bond donors (Lipinski definition) is 0. The Bertz CT molecular complexity index is 1030. The van der Waals surface area contributed by atoms with Gasteiger partial charge in [-0.3, -0.25) is 19.9 Å². The zero-order chi connectivity index (χ0) is 18.9. The van der Waals surface area contributed by atoms with E-state index in [1.807, 2.05) is 12.1 Å². The third-order valence-electron chi connectivity index (χ3n) is 5.17. The van der Waals surface area contributed by atoms with E-state index in [0.29, 0.717) is 11.6 Å². The number of aliphatic imine (C=N–C) groups is 1. The van der Waals surface area contributed by atoms with Crippen molar-refractivity contribution in [2.75, 3.05) is 51.3 Å². The third-order valence-corrected chi connectivity index (χ3v) is 5.17. The quantitative estimate of drug-likeness (QED) is 0.671. The predicted molar refractivity (Wildman–Crippen MR) is 108 cm³/mol. The molecule has 2 aliphatic rings. The lowest BCUT2D eigenvalue weighted by Gasteiger charge is -2.35. The van der Waals surface area contributed by atoms with Crippen LogP contribution in [0, 0.1) is 0 Å². The summed E-state index contributed by atoms with van der Waals surface area (Å²) in [7, 11) is 1.66. The molecule has 0 atom stereocenters. The molecule has 0 N–H and O–H groups in total. The molecule has 0 saturated carbocycles. The van der Waals surface area contributed by atoms with Gasteiger partial charge < -0.3 is 9.64 Å². The summed E-state index contributed by atoms with van der Waals surface area (Å²) in [5.41, 5.74) is 3.03. The Morgan fingerprint density at radius 3 is 2.50 bits per heavy atom. The van der Waals surface area contributed by atoms with E-state index in [4.69, 9.17) is 14.7 Å². The van der Waals surface area contributed by atoms with Gasteiger partial charge in [0.1, 0.15) is 11.6 Å². The number of hydrogen-bond acceptors (Lipinski definition) is 8. The van der Waals surface area contributed by atoms with Gasteiger partial charge in [-0.25, -0.2) is 9.97 Å². The van der Waals surface area contributed by atoms with Gasteiger partial charge in [0, 0.05) is 56.4 Å². The molecule has 142 valence electrons. The standard InChI is InChI=1S/C20H21N7O/c1-28-17-12-22-11-16-18(17)20(25-19(24-16)14-2-4-21-5-3-14)27-8-6-26(7-9-27)13-15-10-23-15/h2-5,11-12H,6-10,13H2,1H3. The Labute approximate surface area is 162 Å². The molecule has 0 aliphatic carbocycles. The number of fused-ring (bicyclic) bond motifs is 1. The summed E-state index contributed by atoms with van der Waals surface area (Å²) in [6.07, 6.45) is 7.01. The minimum atomic E-state index is 0.676. The first-order valence-corrected chi connectivity index (χ1v) is 9.41. The van der Waals surface area contributed by atoms with E-state index >= 15 is 0 Å². The topological polar surface area (TPSA) is 79.6 Å². The Kier molecular flexibility index (Phi) is 4.32. The minimum absolute atomic E-state index is 0.676. The lowest BCUT2D eigenvalue weighted by molar-refractivity contribution is 0.292. The SMILES string of the molecule is COc1cncc2nc(-c3ccncc3)nc(N3CCN(CC4=NC4)CC3)c12. The minimum Gasteiger partial charge on any atom is -0.494 e. The summed E-state index contributed by atoms with van der Waals surface area (Å²) in [5, 5.41) is 0.912. The molecule has 8 nitrogen and oxygen atoms in total.